The number of aromatic nitrogens is 4. The Kier molecular flexibility index (Phi) is 4.63. The molecule has 0 amide bonds. The molecule has 8 nitrogen and oxygen atoms in total. The van der Waals surface area contributed by atoms with Crippen LogP contribution >= 0.6 is 0 Å². The molecule has 126 valence electrons. The van der Waals surface area contributed by atoms with Gasteiger partial charge in [-0.05, 0) is 38.0 Å². The number of aliphatic hydroxyl groups is 2. The normalized spacial score (nSPS) is 23.6. The zero-order chi connectivity index (χ0) is 16.4. The van der Waals surface area contributed by atoms with Crippen molar-refractivity contribution in [1.29, 1.82) is 0 Å². The van der Waals surface area contributed by atoms with Crippen LogP contribution in [-0.2, 0) is 0 Å². The molecule has 8 heteroatoms. The first-order valence-electron chi connectivity index (χ1n) is 8.06. The fourth-order valence-electron chi connectivity index (χ4n) is 3.19. The lowest BCUT2D eigenvalue weighted by Gasteiger charge is -2.13. The Bertz CT molecular complexity index is 669. The molecule has 2 aliphatic carbocycles. The molecule has 2 atom stereocenters. The van der Waals surface area contributed by atoms with Crippen molar-refractivity contribution in [3.63, 3.8) is 0 Å². The summed E-state index contributed by atoms with van der Waals surface area (Å²) >= 11 is 0. The van der Waals surface area contributed by atoms with Gasteiger partial charge in [-0.2, -0.15) is 9.97 Å². The Hall–Kier alpha value is -1.93. The number of nitrogens with one attached hydrogen (secondary N) is 1. The minimum atomic E-state index is 0.259. The Morgan fingerprint density at radius 1 is 1.26 bits per heavy atom. The molecule has 0 bridgehead atoms. The molecule has 2 aromatic heterocycles. The Labute approximate surface area is 134 Å². The number of nitrogens with two attached hydrogens (primary N) is 1. The van der Waals surface area contributed by atoms with Crippen molar-refractivity contribution < 1.29 is 10.2 Å². The van der Waals surface area contributed by atoms with E-state index in [1.165, 1.54) is 12.8 Å². The highest BCUT2D eigenvalue weighted by Crippen LogP contribution is 2.36. The van der Waals surface area contributed by atoms with Gasteiger partial charge in [-0.3, -0.25) is 0 Å². The summed E-state index contributed by atoms with van der Waals surface area (Å²) < 4.78 is 2.10. The van der Waals surface area contributed by atoms with Crippen LogP contribution in [0.4, 0.5) is 11.8 Å². The lowest BCUT2D eigenvalue weighted by Crippen LogP contribution is -2.10. The van der Waals surface area contributed by atoms with Gasteiger partial charge in [-0.1, -0.05) is 0 Å². The number of nitrogen functional groups attached to an aromatic ring is 1. The summed E-state index contributed by atoms with van der Waals surface area (Å²) in [4.78, 5) is 13.2. The van der Waals surface area contributed by atoms with E-state index in [2.05, 4.69) is 24.8 Å². The third kappa shape index (κ3) is 3.23. The largest absolute Gasteiger partial charge is 0.400 e. The first-order valence-corrected chi connectivity index (χ1v) is 8.06. The lowest BCUT2D eigenvalue weighted by atomic mass is 10.1. The zero-order valence-corrected chi connectivity index (χ0v) is 13.3. The van der Waals surface area contributed by atoms with Crippen LogP contribution in [0.5, 0.6) is 0 Å². The topological polar surface area (TPSA) is 122 Å². The predicted molar refractivity (Wildman–Crippen MR) is 88.0 cm³/mol. The maximum atomic E-state index is 9.31. The van der Waals surface area contributed by atoms with E-state index in [0.717, 1.165) is 43.4 Å². The molecule has 2 unspecified atom stereocenters. The van der Waals surface area contributed by atoms with Crippen molar-refractivity contribution in [3.05, 3.63) is 6.33 Å². The molecule has 23 heavy (non-hydrogen) atoms. The summed E-state index contributed by atoms with van der Waals surface area (Å²) in [6.45, 7) is 0.259. The number of rotatable bonds is 4. The van der Waals surface area contributed by atoms with E-state index >= 15 is 0 Å². The fourth-order valence-corrected chi connectivity index (χ4v) is 3.19. The maximum Gasteiger partial charge on any atom is 0.224 e. The third-order valence-electron chi connectivity index (χ3n) is 4.52. The van der Waals surface area contributed by atoms with Crippen LogP contribution in [0.25, 0.3) is 11.2 Å². The van der Waals surface area contributed by atoms with Crippen molar-refractivity contribution in [2.75, 3.05) is 24.8 Å². The standard InChI is InChI=1S/C14H20N6O.CH4O/c15-14-18-12(17-9-2-3-9)11-13(19-14)20(7-16-11)10-4-1-8(5-10)6-21;1-2/h7-10,21H,1-6H2,(H3,15,17,18,19);2H,1H3. The molecule has 0 saturated heterocycles. The molecule has 0 aliphatic heterocycles. The van der Waals surface area contributed by atoms with Crippen molar-refractivity contribution in [1.82, 2.24) is 19.5 Å². The van der Waals surface area contributed by atoms with Crippen molar-refractivity contribution in [2.24, 2.45) is 5.92 Å². The fraction of sp³-hybridized carbons (Fsp3) is 0.667. The summed E-state index contributed by atoms with van der Waals surface area (Å²) in [6, 6.07) is 0.841. The smallest absolute Gasteiger partial charge is 0.224 e. The quantitative estimate of drug-likeness (QED) is 0.661. The summed E-state index contributed by atoms with van der Waals surface area (Å²) in [6.07, 6.45) is 7.25. The molecule has 4 rings (SSSR count). The highest BCUT2D eigenvalue weighted by Gasteiger charge is 2.28. The highest BCUT2D eigenvalue weighted by molar-refractivity contribution is 5.84. The molecule has 0 aromatic carbocycles. The van der Waals surface area contributed by atoms with Crippen LogP contribution in [0, 0.1) is 5.92 Å². The Morgan fingerprint density at radius 2 is 2.04 bits per heavy atom. The molecule has 2 saturated carbocycles. The van der Waals surface area contributed by atoms with E-state index in [0.29, 0.717) is 18.0 Å². The molecule has 0 spiro atoms. The van der Waals surface area contributed by atoms with E-state index in [9.17, 15) is 5.11 Å². The molecule has 0 radical (unpaired) electrons. The summed E-state index contributed by atoms with van der Waals surface area (Å²) in [5.41, 5.74) is 7.45. The van der Waals surface area contributed by atoms with E-state index in [1.807, 2.05) is 6.33 Å². The summed E-state index contributed by atoms with van der Waals surface area (Å²) in [5, 5.41) is 19.7. The highest BCUT2D eigenvalue weighted by atomic mass is 16.3. The number of nitrogens with zero attached hydrogens (tertiary/aromatic N) is 4. The Morgan fingerprint density at radius 3 is 2.70 bits per heavy atom. The molecule has 2 aliphatic rings. The van der Waals surface area contributed by atoms with Gasteiger partial charge in [0.05, 0.1) is 6.33 Å². The third-order valence-corrected chi connectivity index (χ3v) is 4.52. The van der Waals surface area contributed by atoms with Crippen LogP contribution in [0.2, 0.25) is 0 Å². The predicted octanol–water partition coefficient (Wildman–Crippen LogP) is 0.925. The molecular formula is C15H24N6O2. The van der Waals surface area contributed by atoms with Gasteiger partial charge in [0.15, 0.2) is 17.0 Å². The second-order valence-corrected chi connectivity index (χ2v) is 6.19. The second-order valence-electron chi connectivity index (χ2n) is 6.19. The molecule has 5 N–H and O–H groups in total. The number of fused-ring (bicyclic) bond motifs is 1. The maximum absolute atomic E-state index is 9.31. The molecule has 2 aromatic rings. The minimum Gasteiger partial charge on any atom is -0.400 e. The summed E-state index contributed by atoms with van der Waals surface area (Å²) in [7, 11) is 1.00. The number of hydrogen-bond donors (Lipinski definition) is 4. The van der Waals surface area contributed by atoms with Crippen LogP contribution in [0.1, 0.15) is 38.1 Å². The van der Waals surface area contributed by atoms with Gasteiger partial charge in [-0.25, -0.2) is 4.98 Å². The first kappa shape index (κ1) is 15.9. The van der Waals surface area contributed by atoms with Gasteiger partial charge in [0.2, 0.25) is 5.95 Å². The van der Waals surface area contributed by atoms with Gasteiger partial charge in [0, 0.05) is 25.8 Å². The van der Waals surface area contributed by atoms with Crippen LogP contribution in [0.3, 0.4) is 0 Å². The summed E-state index contributed by atoms with van der Waals surface area (Å²) in [5.74, 6) is 1.41. The number of aliphatic hydroxyl groups excluding tert-OH is 2. The second kappa shape index (κ2) is 6.67. The lowest BCUT2D eigenvalue weighted by molar-refractivity contribution is 0.226. The van der Waals surface area contributed by atoms with Gasteiger partial charge < -0.3 is 25.8 Å². The van der Waals surface area contributed by atoms with Crippen molar-refractivity contribution in [3.8, 4) is 0 Å². The minimum absolute atomic E-state index is 0.259. The van der Waals surface area contributed by atoms with Crippen LogP contribution < -0.4 is 11.1 Å². The Balaban J connectivity index is 0.000000753. The van der Waals surface area contributed by atoms with Crippen molar-refractivity contribution >= 4 is 22.9 Å². The molecule has 2 heterocycles. The van der Waals surface area contributed by atoms with E-state index < -0.39 is 0 Å². The van der Waals surface area contributed by atoms with Gasteiger partial charge in [0.1, 0.15) is 0 Å². The average Bonchev–Trinajstić information content (AvgIpc) is 3.09. The van der Waals surface area contributed by atoms with Crippen LogP contribution in [0.15, 0.2) is 6.33 Å². The zero-order valence-electron chi connectivity index (χ0n) is 13.3. The van der Waals surface area contributed by atoms with Gasteiger partial charge in [0.25, 0.3) is 0 Å². The average molecular weight is 320 g/mol. The first-order chi connectivity index (χ1) is 11.2. The molecular weight excluding hydrogens is 296 g/mol. The van der Waals surface area contributed by atoms with Crippen molar-refractivity contribution in [2.45, 2.75) is 44.2 Å². The number of imidazole rings is 1. The number of anilines is 2. The monoisotopic (exact) mass is 320 g/mol. The van der Waals surface area contributed by atoms with E-state index in [4.69, 9.17) is 10.8 Å². The van der Waals surface area contributed by atoms with E-state index in [1.54, 1.807) is 0 Å². The molecule has 2 fully saturated rings. The van der Waals surface area contributed by atoms with Gasteiger partial charge >= 0.3 is 0 Å². The van der Waals surface area contributed by atoms with Crippen LogP contribution in [-0.4, -0.2) is 49.5 Å². The number of hydrogen-bond acceptors (Lipinski definition) is 7. The van der Waals surface area contributed by atoms with E-state index in [-0.39, 0.29) is 12.6 Å². The van der Waals surface area contributed by atoms with Gasteiger partial charge in [-0.15, -0.1) is 0 Å². The SMILES string of the molecule is CO.Nc1nc(NC2CC2)c2ncn(C3CCC(CO)C3)c2n1.